The predicted molar refractivity (Wildman–Crippen MR) is 154 cm³/mol. The fourth-order valence-electron chi connectivity index (χ4n) is 5.52. The summed E-state index contributed by atoms with van der Waals surface area (Å²) in [6, 6.07) is 22.1. The van der Waals surface area contributed by atoms with E-state index in [4.69, 9.17) is 0 Å². The number of benzene rings is 3. The minimum absolute atomic E-state index is 0.0755. The topological polar surface area (TPSA) is 75.3 Å². The van der Waals surface area contributed by atoms with Crippen molar-refractivity contribution >= 4 is 16.7 Å². The smallest absolute Gasteiger partial charge is 0.256 e. The molecule has 1 aliphatic heterocycles. The number of nitrogens with zero attached hydrogens (tertiary/aromatic N) is 4. The van der Waals surface area contributed by atoms with Crippen molar-refractivity contribution in [1.29, 1.82) is 0 Å². The number of aromatic hydroxyl groups is 1. The third kappa shape index (κ3) is 5.18. The lowest BCUT2D eigenvalue weighted by Gasteiger charge is -2.34. The van der Waals surface area contributed by atoms with E-state index in [9.17, 15) is 9.90 Å². The zero-order chi connectivity index (χ0) is 26.8. The van der Waals surface area contributed by atoms with Gasteiger partial charge in [0.25, 0.3) is 5.91 Å². The van der Waals surface area contributed by atoms with E-state index < -0.39 is 0 Å². The summed E-state index contributed by atoms with van der Waals surface area (Å²) in [6.07, 6.45) is 8.71. The highest BCUT2D eigenvalue weighted by molar-refractivity contribution is 6.06. The summed E-state index contributed by atoms with van der Waals surface area (Å²) in [5, 5.41) is 15.3. The summed E-state index contributed by atoms with van der Waals surface area (Å²) in [6.45, 7) is 5.80. The average Bonchev–Trinajstić information content (AvgIpc) is 3.59. The van der Waals surface area contributed by atoms with Crippen LogP contribution in [0.5, 0.6) is 5.75 Å². The second kappa shape index (κ2) is 10.8. The largest absolute Gasteiger partial charge is 0.508 e. The van der Waals surface area contributed by atoms with Crippen LogP contribution in [-0.4, -0.2) is 55.7 Å². The van der Waals surface area contributed by atoms with E-state index in [1.54, 1.807) is 12.1 Å². The van der Waals surface area contributed by atoms with Crippen molar-refractivity contribution in [2.45, 2.75) is 32.5 Å². The average molecular weight is 520 g/mol. The lowest BCUT2D eigenvalue weighted by molar-refractivity contribution is 0.0656. The first-order valence-electron chi connectivity index (χ1n) is 13.5. The second-order valence-corrected chi connectivity index (χ2v) is 10.3. The van der Waals surface area contributed by atoms with E-state index >= 15 is 0 Å². The number of amides is 1. The predicted octanol–water partition coefficient (Wildman–Crippen LogP) is 4.94. The normalized spacial score (nSPS) is 15.6. The van der Waals surface area contributed by atoms with E-state index in [0.717, 1.165) is 64.8 Å². The lowest BCUT2D eigenvalue weighted by atomic mass is 9.97. The van der Waals surface area contributed by atoms with Crippen LogP contribution in [-0.2, 0) is 19.5 Å². The number of nitrogens with one attached hydrogen (secondary N) is 1. The molecule has 3 aromatic carbocycles. The molecule has 0 saturated carbocycles. The molecule has 1 atom stereocenters. The highest BCUT2D eigenvalue weighted by Gasteiger charge is 2.27. The van der Waals surface area contributed by atoms with Gasteiger partial charge in [0.15, 0.2) is 0 Å². The number of phenolic OH excluding ortho intramolecular Hbond substituents is 1. The molecule has 1 aliphatic rings. The second-order valence-electron chi connectivity index (χ2n) is 10.3. The zero-order valence-corrected chi connectivity index (χ0v) is 22.1. The Labute approximate surface area is 228 Å². The molecule has 7 heteroatoms. The Hall–Kier alpha value is -4.36. The summed E-state index contributed by atoms with van der Waals surface area (Å²) in [5.41, 5.74) is 4.99. The molecule has 3 heterocycles. The first kappa shape index (κ1) is 24.9. The molecule has 2 N–H and O–H groups in total. The maximum atomic E-state index is 14.0. The molecule has 1 amide bonds. The van der Waals surface area contributed by atoms with E-state index in [1.165, 1.54) is 0 Å². The van der Waals surface area contributed by atoms with Crippen molar-refractivity contribution < 1.29 is 9.90 Å². The Balaban J connectivity index is 1.34. The van der Waals surface area contributed by atoms with Crippen molar-refractivity contribution in [3.8, 4) is 16.9 Å². The number of carbonyl (C=O) groups is 1. The molecular weight excluding hydrogens is 486 g/mol. The Morgan fingerprint density at radius 1 is 1.03 bits per heavy atom. The molecule has 6 rings (SSSR count). The van der Waals surface area contributed by atoms with Gasteiger partial charge in [-0.3, -0.25) is 4.79 Å². The maximum absolute atomic E-state index is 14.0. The zero-order valence-electron chi connectivity index (χ0n) is 22.1. The highest BCUT2D eigenvalue weighted by Crippen LogP contribution is 2.33. The Bertz CT molecular complexity index is 1600. The van der Waals surface area contributed by atoms with Crippen molar-refractivity contribution in [3.05, 3.63) is 108 Å². The Morgan fingerprint density at radius 2 is 1.85 bits per heavy atom. The van der Waals surface area contributed by atoms with Crippen LogP contribution in [0.15, 0.2) is 91.6 Å². The first-order chi connectivity index (χ1) is 19.1. The monoisotopic (exact) mass is 519 g/mol. The maximum Gasteiger partial charge on any atom is 0.256 e. The van der Waals surface area contributed by atoms with Crippen molar-refractivity contribution in [2.24, 2.45) is 0 Å². The third-order valence-electron chi connectivity index (χ3n) is 7.67. The molecule has 39 heavy (non-hydrogen) atoms. The van der Waals surface area contributed by atoms with Gasteiger partial charge >= 0.3 is 0 Å². The lowest BCUT2D eigenvalue weighted by Crippen LogP contribution is -2.52. The van der Waals surface area contributed by atoms with Gasteiger partial charge in [-0.05, 0) is 47.4 Å². The van der Waals surface area contributed by atoms with Gasteiger partial charge in [-0.15, -0.1) is 0 Å². The summed E-state index contributed by atoms with van der Waals surface area (Å²) in [4.78, 5) is 20.4. The van der Waals surface area contributed by atoms with Gasteiger partial charge in [0, 0.05) is 56.4 Å². The van der Waals surface area contributed by atoms with Gasteiger partial charge < -0.3 is 24.5 Å². The quantitative estimate of drug-likeness (QED) is 0.320. The molecule has 1 saturated heterocycles. The molecule has 0 bridgehead atoms. The van der Waals surface area contributed by atoms with Crippen LogP contribution in [0, 0.1) is 0 Å². The number of carbonyl (C=O) groups excluding carboxylic acids is 1. The molecule has 5 aromatic rings. The highest BCUT2D eigenvalue weighted by atomic mass is 16.3. The molecule has 7 nitrogen and oxygen atoms in total. The fraction of sp³-hybridized carbons (Fsp3) is 0.250. The van der Waals surface area contributed by atoms with E-state index in [0.29, 0.717) is 13.1 Å². The minimum Gasteiger partial charge on any atom is -0.508 e. The Morgan fingerprint density at radius 3 is 2.69 bits per heavy atom. The number of aromatic nitrogens is 3. The molecule has 0 spiro atoms. The van der Waals surface area contributed by atoms with Crippen LogP contribution in [0.2, 0.25) is 0 Å². The van der Waals surface area contributed by atoms with Gasteiger partial charge in [0.05, 0.1) is 24.1 Å². The molecular formula is C32H33N5O2. The van der Waals surface area contributed by atoms with Crippen LogP contribution >= 0.6 is 0 Å². The summed E-state index contributed by atoms with van der Waals surface area (Å²) >= 11 is 0. The van der Waals surface area contributed by atoms with Gasteiger partial charge in [-0.2, -0.15) is 0 Å². The number of phenols is 1. The molecule has 0 aliphatic carbocycles. The van der Waals surface area contributed by atoms with Crippen molar-refractivity contribution in [1.82, 2.24) is 24.3 Å². The summed E-state index contributed by atoms with van der Waals surface area (Å²) in [5.74, 6) is 0.351. The van der Waals surface area contributed by atoms with Crippen LogP contribution in [0.3, 0.4) is 0 Å². The molecule has 1 fully saturated rings. The van der Waals surface area contributed by atoms with Crippen LogP contribution < -0.4 is 5.32 Å². The molecule has 198 valence electrons. The van der Waals surface area contributed by atoms with E-state index in [2.05, 4.69) is 69.0 Å². The van der Waals surface area contributed by atoms with Crippen molar-refractivity contribution in [2.75, 3.05) is 19.6 Å². The van der Waals surface area contributed by atoms with Crippen LogP contribution in [0.25, 0.3) is 21.9 Å². The standard InChI is InChI=1S/C32H33N5O2/c1-23-17-33-14-16-37(23)32(39)31-21-35(20-30(31)29-8-4-6-25-5-2-3-7-28(25)29)19-26-18-34-22-36(26)15-13-24-9-11-27(38)12-10-24/h2-12,18,20-23,33,38H,13-17,19H2,1H3. The third-order valence-corrected chi connectivity index (χ3v) is 7.67. The van der Waals surface area contributed by atoms with Gasteiger partial charge in [0.2, 0.25) is 0 Å². The summed E-state index contributed by atoms with van der Waals surface area (Å²) < 4.78 is 4.27. The van der Waals surface area contributed by atoms with E-state index in [1.807, 2.05) is 41.8 Å². The number of rotatable bonds is 7. The number of piperazine rings is 1. The number of hydrogen-bond donors (Lipinski definition) is 2. The molecule has 0 radical (unpaired) electrons. The van der Waals surface area contributed by atoms with Gasteiger partial charge in [-0.25, -0.2) is 4.98 Å². The summed E-state index contributed by atoms with van der Waals surface area (Å²) in [7, 11) is 0. The SMILES string of the molecule is CC1CNCCN1C(=O)c1cn(Cc2cncn2CCc2ccc(O)cc2)cc1-c1cccc2ccccc12. The van der Waals surface area contributed by atoms with Gasteiger partial charge in [-0.1, -0.05) is 54.6 Å². The number of aryl methyl sites for hydroxylation is 2. The van der Waals surface area contributed by atoms with Crippen LogP contribution in [0.1, 0.15) is 28.5 Å². The molecule has 1 unspecified atom stereocenters. The fourth-order valence-corrected chi connectivity index (χ4v) is 5.52. The van der Waals surface area contributed by atoms with E-state index in [-0.39, 0.29) is 17.7 Å². The van der Waals surface area contributed by atoms with Gasteiger partial charge in [0.1, 0.15) is 5.75 Å². The minimum atomic E-state index is 0.0755. The van der Waals surface area contributed by atoms with Crippen LogP contribution in [0.4, 0.5) is 0 Å². The molecule has 2 aromatic heterocycles. The number of imidazole rings is 1. The Kier molecular flexibility index (Phi) is 6.90. The number of fused-ring (bicyclic) bond motifs is 1. The first-order valence-corrected chi connectivity index (χ1v) is 13.5. The van der Waals surface area contributed by atoms with Crippen molar-refractivity contribution in [3.63, 3.8) is 0 Å². The number of hydrogen-bond acceptors (Lipinski definition) is 4.